The van der Waals surface area contributed by atoms with Gasteiger partial charge in [0.15, 0.2) is 0 Å². The van der Waals surface area contributed by atoms with Gasteiger partial charge in [0.2, 0.25) is 0 Å². The molecule has 0 aliphatic heterocycles. The number of benzene rings is 1. The summed E-state index contributed by atoms with van der Waals surface area (Å²) < 4.78 is 0. The summed E-state index contributed by atoms with van der Waals surface area (Å²) >= 11 is 3.67. The van der Waals surface area contributed by atoms with Gasteiger partial charge in [-0.3, -0.25) is 9.78 Å². The molecule has 1 aromatic carbocycles. The smallest absolute Gasteiger partial charge is 0.253 e. The van der Waals surface area contributed by atoms with E-state index in [2.05, 4.69) is 38.4 Å². The number of aromatic nitrogens is 1. The normalized spacial score (nSPS) is 20.5. The molecule has 20 heavy (non-hydrogen) atoms. The van der Waals surface area contributed by atoms with Crippen LogP contribution in [-0.2, 0) is 6.42 Å². The maximum atomic E-state index is 12.4. The number of hydrogen-bond donors (Lipinski definition) is 1. The first-order valence-electron chi connectivity index (χ1n) is 6.61. The van der Waals surface area contributed by atoms with Gasteiger partial charge in [-0.15, -0.1) is 0 Å². The number of alkyl halides is 1. The van der Waals surface area contributed by atoms with Crippen molar-refractivity contribution in [2.75, 3.05) is 0 Å². The van der Waals surface area contributed by atoms with E-state index in [4.69, 9.17) is 0 Å². The van der Waals surface area contributed by atoms with Crippen LogP contribution in [0.5, 0.6) is 0 Å². The number of hydrogen-bond acceptors (Lipinski definition) is 2. The van der Waals surface area contributed by atoms with E-state index in [1.807, 2.05) is 25.1 Å². The molecule has 4 heteroatoms. The Morgan fingerprint density at radius 2 is 2.10 bits per heavy atom. The molecule has 2 unspecified atom stereocenters. The van der Waals surface area contributed by atoms with E-state index < -0.39 is 0 Å². The second-order valence-electron chi connectivity index (χ2n) is 5.01. The molecule has 1 amide bonds. The van der Waals surface area contributed by atoms with Crippen LogP contribution in [-0.4, -0.2) is 15.7 Å². The van der Waals surface area contributed by atoms with Crippen LogP contribution in [0.1, 0.15) is 33.2 Å². The molecule has 3 rings (SSSR count). The van der Waals surface area contributed by atoms with Crippen LogP contribution in [0.25, 0.3) is 0 Å². The Morgan fingerprint density at radius 3 is 2.90 bits per heavy atom. The molecule has 102 valence electrons. The van der Waals surface area contributed by atoms with Gasteiger partial charge in [-0.1, -0.05) is 40.2 Å². The van der Waals surface area contributed by atoms with E-state index in [0.29, 0.717) is 5.56 Å². The number of nitrogens with zero attached hydrogens (tertiary/aromatic N) is 1. The van der Waals surface area contributed by atoms with Gasteiger partial charge in [0.25, 0.3) is 5.91 Å². The predicted molar refractivity (Wildman–Crippen MR) is 82.0 cm³/mol. The minimum absolute atomic E-state index is 0.0123. The van der Waals surface area contributed by atoms with Crippen molar-refractivity contribution in [3.05, 3.63) is 65.0 Å². The molecule has 0 saturated heterocycles. The van der Waals surface area contributed by atoms with Crippen molar-refractivity contribution in [2.24, 2.45) is 0 Å². The lowest BCUT2D eigenvalue weighted by molar-refractivity contribution is 0.0937. The van der Waals surface area contributed by atoms with Gasteiger partial charge in [-0.05, 0) is 36.6 Å². The van der Waals surface area contributed by atoms with Gasteiger partial charge in [0.05, 0.1) is 11.6 Å². The minimum atomic E-state index is -0.0678. The lowest BCUT2D eigenvalue weighted by atomic mass is 10.1. The lowest BCUT2D eigenvalue weighted by Crippen LogP contribution is -2.32. The van der Waals surface area contributed by atoms with Crippen LogP contribution >= 0.6 is 15.9 Å². The largest absolute Gasteiger partial charge is 0.344 e. The molecule has 0 fully saturated rings. The summed E-state index contributed by atoms with van der Waals surface area (Å²) in [5.74, 6) is -0.0678. The van der Waals surface area contributed by atoms with Crippen LogP contribution < -0.4 is 5.32 Å². The maximum absolute atomic E-state index is 12.4. The molecule has 3 nitrogen and oxygen atoms in total. The van der Waals surface area contributed by atoms with Crippen molar-refractivity contribution in [1.29, 1.82) is 0 Å². The van der Waals surface area contributed by atoms with Gasteiger partial charge in [0, 0.05) is 16.7 Å². The summed E-state index contributed by atoms with van der Waals surface area (Å²) in [7, 11) is 0. The number of carbonyl (C=O) groups is 1. The highest BCUT2D eigenvalue weighted by atomic mass is 79.9. The molecule has 1 aromatic heterocycles. The highest BCUT2D eigenvalue weighted by Crippen LogP contribution is 2.35. The molecule has 2 atom stereocenters. The van der Waals surface area contributed by atoms with Gasteiger partial charge in [0.1, 0.15) is 0 Å². The van der Waals surface area contributed by atoms with Crippen molar-refractivity contribution in [1.82, 2.24) is 10.3 Å². The molecule has 0 bridgehead atoms. The summed E-state index contributed by atoms with van der Waals surface area (Å²) in [6, 6.07) is 11.9. The number of pyridine rings is 1. The van der Waals surface area contributed by atoms with E-state index in [1.165, 1.54) is 11.1 Å². The Hall–Kier alpha value is -1.68. The lowest BCUT2D eigenvalue weighted by Gasteiger charge is -2.18. The van der Waals surface area contributed by atoms with Gasteiger partial charge < -0.3 is 5.32 Å². The van der Waals surface area contributed by atoms with Gasteiger partial charge in [-0.2, -0.15) is 0 Å². The zero-order valence-corrected chi connectivity index (χ0v) is 12.7. The third kappa shape index (κ3) is 2.36. The van der Waals surface area contributed by atoms with Crippen LogP contribution in [0.3, 0.4) is 0 Å². The van der Waals surface area contributed by atoms with E-state index in [1.54, 1.807) is 12.3 Å². The van der Waals surface area contributed by atoms with E-state index >= 15 is 0 Å². The van der Waals surface area contributed by atoms with Crippen molar-refractivity contribution in [2.45, 2.75) is 24.2 Å². The summed E-state index contributed by atoms with van der Waals surface area (Å²) in [5.41, 5.74) is 3.88. The highest BCUT2D eigenvalue weighted by molar-refractivity contribution is 9.09. The first-order valence-corrected chi connectivity index (χ1v) is 7.53. The molecular formula is C16H15BrN2O. The average Bonchev–Trinajstić information content (AvgIpc) is 2.76. The Bertz CT molecular complexity index is 656. The number of rotatable bonds is 2. The number of aryl methyl sites for hydroxylation is 1. The monoisotopic (exact) mass is 330 g/mol. The van der Waals surface area contributed by atoms with Crippen LogP contribution in [0.4, 0.5) is 0 Å². The fourth-order valence-electron chi connectivity index (χ4n) is 2.66. The number of amides is 1. The second-order valence-corrected chi connectivity index (χ2v) is 6.18. The zero-order chi connectivity index (χ0) is 14.1. The number of fused-ring (bicyclic) bond motifs is 1. The van der Waals surface area contributed by atoms with Crippen LogP contribution in [0, 0.1) is 6.92 Å². The average molecular weight is 331 g/mol. The summed E-state index contributed by atoms with van der Waals surface area (Å²) in [6.07, 6.45) is 2.64. The van der Waals surface area contributed by atoms with E-state index in [-0.39, 0.29) is 16.8 Å². The SMILES string of the molecule is Cc1ncccc1C(=O)NC1c2ccccc2CC1Br. The molecule has 0 spiro atoms. The predicted octanol–water partition coefficient (Wildman–Crippen LogP) is 3.18. The molecular weight excluding hydrogens is 316 g/mol. The first kappa shape index (κ1) is 13.3. The van der Waals surface area contributed by atoms with Crippen molar-refractivity contribution < 1.29 is 4.79 Å². The number of carbonyl (C=O) groups excluding carboxylic acids is 1. The van der Waals surface area contributed by atoms with Crippen molar-refractivity contribution in [3.63, 3.8) is 0 Å². The Kier molecular flexibility index (Phi) is 3.57. The summed E-state index contributed by atoms with van der Waals surface area (Å²) in [4.78, 5) is 16.8. The zero-order valence-electron chi connectivity index (χ0n) is 11.1. The standard InChI is InChI=1S/C16H15BrN2O/c1-10-12(7-4-8-18-10)16(20)19-15-13-6-3-2-5-11(13)9-14(15)17/h2-8,14-15H,9H2,1H3,(H,19,20). The minimum Gasteiger partial charge on any atom is -0.344 e. The molecule has 1 N–H and O–H groups in total. The third-order valence-electron chi connectivity index (χ3n) is 3.70. The molecule has 1 heterocycles. The van der Waals surface area contributed by atoms with Crippen molar-refractivity contribution >= 4 is 21.8 Å². The first-order chi connectivity index (χ1) is 9.66. The Labute approximate surface area is 126 Å². The second kappa shape index (κ2) is 5.37. The molecule has 1 aliphatic rings. The number of nitrogens with one attached hydrogen (secondary N) is 1. The topological polar surface area (TPSA) is 42.0 Å². The molecule has 2 aromatic rings. The maximum Gasteiger partial charge on any atom is 0.253 e. The molecule has 0 radical (unpaired) electrons. The Morgan fingerprint density at radius 1 is 1.30 bits per heavy atom. The molecule has 1 aliphatic carbocycles. The fourth-order valence-corrected chi connectivity index (χ4v) is 3.42. The van der Waals surface area contributed by atoms with Gasteiger partial charge >= 0.3 is 0 Å². The van der Waals surface area contributed by atoms with Crippen LogP contribution in [0.2, 0.25) is 0 Å². The summed E-state index contributed by atoms with van der Waals surface area (Å²) in [6.45, 7) is 1.85. The van der Waals surface area contributed by atoms with E-state index in [0.717, 1.165) is 12.1 Å². The summed E-state index contributed by atoms with van der Waals surface area (Å²) in [5, 5.41) is 3.12. The number of halogens is 1. The third-order valence-corrected chi connectivity index (χ3v) is 4.56. The van der Waals surface area contributed by atoms with Crippen LogP contribution in [0.15, 0.2) is 42.6 Å². The van der Waals surface area contributed by atoms with Gasteiger partial charge in [-0.25, -0.2) is 0 Å². The quantitative estimate of drug-likeness (QED) is 0.859. The molecule has 0 saturated carbocycles. The van der Waals surface area contributed by atoms with E-state index in [9.17, 15) is 4.79 Å². The Balaban J connectivity index is 1.85. The fraction of sp³-hybridized carbons (Fsp3) is 0.250. The van der Waals surface area contributed by atoms with Crippen molar-refractivity contribution in [3.8, 4) is 0 Å². The highest BCUT2D eigenvalue weighted by Gasteiger charge is 2.31.